The summed E-state index contributed by atoms with van der Waals surface area (Å²) in [7, 11) is -3.83. The van der Waals surface area contributed by atoms with Gasteiger partial charge in [0.1, 0.15) is 10.8 Å². The van der Waals surface area contributed by atoms with Crippen LogP contribution in [-0.4, -0.2) is 41.2 Å². The zero-order valence-electron chi connectivity index (χ0n) is 17.0. The van der Waals surface area contributed by atoms with Gasteiger partial charge in [-0.3, -0.25) is 9.59 Å². The average molecular weight is 475 g/mol. The third-order valence-corrected chi connectivity index (χ3v) is 8.06. The minimum absolute atomic E-state index is 0.0123. The molecule has 32 heavy (non-hydrogen) atoms. The van der Waals surface area contributed by atoms with E-state index in [1.165, 1.54) is 53.7 Å². The molecule has 1 unspecified atom stereocenters. The number of carbonyl (C=O) groups is 2. The fourth-order valence-corrected chi connectivity index (χ4v) is 6.08. The number of amides is 1. The molecule has 0 aliphatic carbocycles. The number of Topliss-reactive ketones (excluding diaryl/α,β-unsaturated/α-hetero) is 1. The molecule has 1 aliphatic heterocycles. The number of hydrogen-bond acceptors (Lipinski definition) is 7. The molecule has 1 saturated heterocycles. The van der Waals surface area contributed by atoms with Crippen LogP contribution >= 0.6 is 11.3 Å². The maximum Gasteiger partial charge on any atom is 0.286 e. The summed E-state index contributed by atoms with van der Waals surface area (Å²) in [5, 5.41) is 10.8. The van der Waals surface area contributed by atoms with Gasteiger partial charge >= 0.3 is 0 Å². The second-order valence-corrected chi connectivity index (χ2v) is 10.1. The molecule has 1 amide bonds. The van der Waals surface area contributed by atoms with Crippen LogP contribution in [0.25, 0.3) is 0 Å². The Morgan fingerprint density at radius 2 is 1.84 bits per heavy atom. The highest BCUT2D eigenvalue weighted by atomic mass is 32.2. The molecule has 1 atom stereocenters. The minimum atomic E-state index is -3.83. The van der Waals surface area contributed by atoms with Crippen molar-refractivity contribution in [1.82, 2.24) is 14.5 Å². The van der Waals surface area contributed by atoms with Gasteiger partial charge in [0.05, 0.1) is 16.6 Å². The Balaban J connectivity index is 1.55. The van der Waals surface area contributed by atoms with E-state index in [4.69, 9.17) is 0 Å². The van der Waals surface area contributed by atoms with Crippen LogP contribution in [0.1, 0.15) is 51.0 Å². The molecule has 0 bridgehead atoms. The van der Waals surface area contributed by atoms with Crippen molar-refractivity contribution in [3.8, 4) is 0 Å². The smallest absolute Gasteiger partial charge is 0.286 e. The van der Waals surface area contributed by atoms with Crippen molar-refractivity contribution < 1.29 is 22.4 Å². The molecule has 1 aliphatic rings. The number of aromatic nitrogens is 2. The zero-order chi connectivity index (χ0) is 22.9. The summed E-state index contributed by atoms with van der Waals surface area (Å²) >= 11 is 0.977. The molecule has 3 aromatic rings. The van der Waals surface area contributed by atoms with Gasteiger partial charge in [0, 0.05) is 12.1 Å². The van der Waals surface area contributed by atoms with Crippen molar-refractivity contribution in [1.29, 1.82) is 0 Å². The van der Waals surface area contributed by atoms with Gasteiger partial charge in [-0.15, -0.1) is 10.2 Å². The molecular weight excluding hydrogens is 455 g/mol. The van der Waals surface area contributed by atoms with Gasteiger partial charge in [-0.05, 0) is 44.0 Å². The van der Waals surface area contributed by atoms with Crippen LogP contribution in [0.4, 0.5) is 10.1 Å². The Morgan fingerprint density at radius 1 is 1.12 bits per heavy atom. The van der Waals surface area contributed by atoms with Crippen LogP contribution < -0.4 is 5.32 Å². The van der Waals surface area contributed by atoms with E-state index in [-0.39, 0.29) is 21.4 Å². The molecule has 8 nitrogen and oxygen atoms in total. The molecule has 4 rings (SSSR count). The summed E-state index contributed by atoms with van der Waals surface area (Å²) in [5.74, 6) is -1.34. The van der Waals surface area contributed by atoms with Crippen LogP contribution in [0.15, 0.2) is 53.4 Å². The van der Waals surface area contributed by atoms with E-state index < -0.39 is 27.8 Å². The van der Waals surface area contributed by atoms with Gasteiger partial charge in [-0.25, -0.2) is 12.8 Å². The lowest BCUT2D eigenvalue weighted by molar-refractivity contribution is 0.101. The second-order valence-electron chi connectivity index (χ2n) is 7.23. The third-order valence-electron chi connectivity index (χ3n) is 5.11. The van der Waals surface area contributed by atoms with Crippen molar-refractivity contribution in [2.75, 3.05) is 11.9 Å². The summed E-state index contributed by atoms with van der Waals surface area (Å²) in [6.07, 6.45) is 1.17. The Bertz CT molecular complexity index is 1270. The van der Waals surface area contributed by atoms with E-state index in [1.54, 1.807) is 6.07 Å². The third kappa shape index (κ3) is 4.31. The molecule has 1 fully saturated rings. The number of nitrogens with zero attached hydrogens (tertiary/aromatic N) is 3. The number of benzene rings is 2. The van der Waals surface area contributed by atoms with Crippen LogP contribution in [0.3, 0.4) is 0 Å². The van der Waals surface area contributed by atoms with Gasteiger partial charge in [-0.2, -0.15) is 4.31 Å². The topological polar surface area (TPSA) is 109 Å². The quantitative estimate of drug-likeness (QED) is 0.546. The Labute approximate surface area is 188 Å². The van der Waals surface area contributed by atoms with E-state index >= 15 is 0 Å². The van der Waals surface area contributed by atoms with Crippen LogP contribution in [-0.2, 0) is 10.0 Å². The van der Waals surface area contributed by atoms with Gasteiger partial charge in [0.15, 0.2) is 5.78 Å². The number of carbonyl (C=O) groups excluding carboxylic acids is 2. The molecule has 11 heteroatoms. The standard InChI is InChI=1S/C21H19FN4O4S2/c1-13(27)14-8-10-15(11-9-14)32(29,30)26-12-4-7-18(26)20-24-25-21(31-20)19(28)23-17-6-3-2-5-16(17)22/h2-3,5-6,8-11,18H,4,7,12H2,1H3,(H,23,28). The first-order valence-electron chi connectivity index (χ1n) is 9.79. The number of hydrogen-bond donors (Lipinski definition) is 1. The normalized spacial score (nSPS) is 16.8. The average Bonchev–Trinajstić information content (AvgIpc) is 3.45. The van der Waals surface area contributed by atoms with Crippen molar-refractivity contribution in [2.24, 2.45) is 0 Å². The van der Waals surface area contributed by atoms with Crippen molar-refractivity contribution in [3.05, 3.63) is 69.9 Å². The Morgan fingerprint density at radius 3 is 2.53 bits per heavy atom. The molecular formula is C21H19FN4O4S2. The number of halogens is 1. The van der Waals surface area contributed by atoms with E-state index in [1.807, 2.05) is 0 Å². The number of nitrogens with one attached hydrogen (secondary N) is 1. The predicted molar refractivity (Wildman–Crippen MR) is 117 cm³/mol. The van der Waals surface area contributed by atoms with E-state index in [2.05, 4.69) is 15.5 Å². The molecule has 0 radical (unpaired) electrons. The van der Waals surface area contributed by atoms with Gasteiger partial charge in [0.2, 0.25) is 15.0 Å². The highest BCUT2D eigenvalue weighted by Gasteiger charge is 2.38. The van der Waals surface area contributed by atoms with E-state index in [0.29, 0.717) is 30.0 Å². The second kappa shape index (κ2) is 8.85. The largest absolute Gasteiger partial charge is 0.317 e. The number of sulfonamides is 1. The fourth-order valence-electron chi connectivity index (χ4n) is 3.47. The fraction of sp³-hybridized carbons (Fsp3) is 0.238. The van der Waals surface area contributed by atoms with Gasteiger partial charge in [-0.1, -0.05) is 35.6 Å². The predicted octanol–water partition coefficient (Wildman–Crippen LogP) is 3.66. The zero-order valence-corrected chi connectivity index (χ0v) is 18.6. The van der Waals surface area contributed by atoms with E-state index in [0.717, 1.165) is 11.3 Å². The maximum absolute atomic E-state index is 13.8. The molecule has 0 spiro atoms. The molecule has 166 valence electrons. The molecule has 2 aromatic carbocycles. The van der Waals surface area contributed by atoms with Crippen LogP contribution in [0, 0.1) is 5.82 Å². The molecule has 2 heterocycles. The molecule has 1 N–H and O–H groups in total. The Hall–Kier alpha value is -3.02. The number of ketones is 1. The molecule has 0 saturated carbocycles. The van der Waals surface area contributed by atoms with Crippen molar-refractivity contribution in [2.45, 2.75) is 30.7 Å². The summed E-state index contributed by atoms with van der Waals surface area (Å²) in [5.41, 5.74) is 0.449. The SMILES string of the molecule is CC(=O)c1ccc(S(=O)(=O)N2CCCC2c2nnc(C(=O)Nc3ccccc3F)s2)cc1. The maximum atomic E-state index is 13.8. The van der Waals surface area contributed by atoms with Crippen LogP contribution in [0.5, 0.6) is 0 Å². The lowest BCUT2D eigenvalue weighted by atomic mass is 10.2. The monoisotopic (exact) mass is 474 g/mol. The van der Waals surface area contributed by atoms with Crippen molar-refractivity contribution in [3.63, 3.8) is 0 Å². The van der Waals surface area contributed by atoms with E-state index in [9.17, 15) is 22.4 Å². The summed E-state index contributed by atoms with van der Waals surface area (Å²) in [6, 6.07) is 11.0. The summed E-state index contributed by atoms with van der Waals surface area (Å²) in [4.78, 5) is 24.0. The van der Waals surface area contributed by atoms with Gasteiger partial charge < -0.3 is 5.32 Å². The lowest BCUT2D eigenvalue weighted by Gasteiger charge is -2.22. The first-order valence-corrected chi connectivity index (χ1v) is 12.0. The first kappa shape index (κ1) is 22.2. The highest BCUT2D eigenvalue weighted by molar-refractivity contribution is 7.89. The minimum Gasteiger partial charge on any atom is -0.317 e. The number of para-hydroxylation sites is 1. The van der Waals surface area contributed by atoms with Crippen molar-refractivity contribution >= 4 is 38.7 Å². The number of anilines is 1. The van der Waals surface area contributed by atoms with Gasteiger partial charge in [0.25, 0.3) is 5.91 Å². The molecule has 1 aromatic heterocycles. The summed E-state index contributed by atoms with van der Waals surface area (Å²) < 4.78 is 41.5. The lowest BCUT2D eigenvalue weighted by Crippen LogP contribution is -2.30. The number of rotatable bonds is 6. The summed E-state index contributed by atoms with van der Waals surface area (Å²) in [6.45, 7) is 1.72. The first-order chi connectivity index (χ1) is 15.3. The Kier molecular flexibility index (Phi) is 6.13. The highest BCUT2D eigenvalue weighted by Crippen LogP contribution is 2.37. The van der Waals surface area contributed by atoms with Crippen LogP contribution in [0.2, 0.25) is 0 Å².